The highest BCUT2D eigenvalue weighted by molar-refractivity contribution is 5.83. The minimum atomic E-state index is -0.489. The first kappa shape index (κ1) is 14.0. The number of carbonyl (C=O) groups is 1. The molecule has 1 aromatic rings. The largest absolute Gasteiger partial charge is 0.381 e. The predicted octanol–water partition coefficient (Wildman–Crippen LogP) is 0.663. The summed E-state index contributed by atoms with van der Waals surface area (Å²) in [4.78, 5) is 12.4. The fourth-order valence-corrected chi connectivity index (χ4v) is 2.40. The average Bonchev–Trinajstić information content (AvgIpc) is 2.76. The third-order valence-corrected chi connectivity index (χ3v) is 3.93. The van der Waals surface area contributed by atoms with Gasteiger partial charge in [0.15, 0.2) is 0 Å². The quantitative estimate of drug-likeness (QED) is 0.836. The molecular formula is C13H21N3O3. The van der Waals surface area contributed by atoms with Gasteiger partial charge in [0, 0.05) is 31.9 Å². The van der Waals surface area contributed by atoms with E-state index in [4.69, 9.17) is 15.0 Å². The second-order valence-corrected chi connectivity index (χ2v) is 5.08. The van der Waals surface area contributed by atoms with E-state index in [0.29, 0.717) is 39.1 Å². The number of carbonyl (C=O) groups excluding carboxylic acids is 1. The molecule has 1 aliphatic heterocycles. The van der Waals surface area contributed by atoms with Gasteiger partial charge >= 0.3 is 0 Å². The molecule has 2 rings (SSSR count). The molecule has 0 spiro atoms. The zero-order valence-electron chi connectivity index (χ0n) is 11.5. The number of aromatic nitrogens is 1. The van der Waals surface area contributed by atoms with Crippen LogP contribution in [0, 0.1) is 19.3 Å². The number of hydrogen-bond acceptors (Lipinski definition) is 5. The number of nitrogens with one attached hydrogen (secondary N) is 1. The van der Waals surface area contributed by atoms with Crippen molar-refractivity contribution in [3.8, 4) is 0 Å². The summed E-state index contributed by atoms with van der Waals surface area (Å²) in [6, 6.07) is 0. The van der Waals surface area contributed by atoms with Crippen LogP contribution in [0.2, 0.25) is 0 Å². The smallest absolute Gasteiger partial charge is 0.227 e. The monoisotopic (exact) mass is 267 g/mol. The van der Waals surface area contributed by atoms with Crippen LogP contribution in [0.4, 0.5) is 0 Å². The van der Waals surface area contributed by atoms with Crippen LogP contribution in [0.25, 0.3) is 0 Å². The normalized spacial score (nSPS) is 18.3. The van der Waals surface area contributed by atoms with Crippen LogP contribution < -0.4 is 11.1 Å². The van der Waals surface area contributed by atoms with Gasteiger partial charge in [0.1, 0.15) is 5.76 Å². The predicted molar refractivity (Wildman–Crippen MR) is 69.4 cm³/mol. The van der Waals surface area contributed by atoms with Crippen LogP contribution in [0.15, 0.2) is 4.52 Å². The van der Waals surface area contributed by atoms with Gasteiger partial charge < -0.3 is 20.3 Å². The van der Waals surface area contributed by atoms with Crippen LogP contribution in [0.1, 0.15) is 29.9 Å². The zero-order chi connectivity index (χ0) is 13.9. The highest BCUT2D eigenvalue weighted by Crippen LogP contribution is 2.29. The Labute approximate surface area is 112 Å². The molecule has 0 saturated carbocycles. The van der Waals surface area contributed by atoms with Crippen LogP contribution in [0.5, 0.6) is 0 Å². The molecule has 6 nitrogen and oxygen atoms in total. The number of nitrogens with two attached hydrogens (primary N) is 1. The van der Waals surface area contributed by atoms with Crippen LogP contribution in [-0.2, 0) is 16.1 Å². The SMILES string of the molecule is Cc1noc(C)c1CNC(=O)C1(CN)CCOCC1. The van der Waals surface area contributed by atoms with Gasteiger partial charge in [0.05, 0.1) is 11.1 Å². The summed E-state index contributed by atoms with van der Waals surface area (Å²) in [6.07, 6.45) is 1.36. The molecule has 3 N–H and O–H groups in total. The molecule has 1 aliphatic rings. The van der Waals surface area contributed by atoms with Gasteiger partial charge in [0.2, 0.25) is 5.91 Å². The Hall–Kier alpha value is -1.40. The second-order valence-electron chi connectivity index (χ2n) is 5.08. The molecule has 0 bridgehead atoms. The first-order chi connectivity index (χ1) is 9.09. The Morgan fingerprint density at radius 3 is 2.63 bits per heavy atom. The van der Waals surface area contributed by atoms with E-state index in [-0.39, 0.29) is 5.91 Å². The first-order valence-electron chi connectivity index (χ1n) is 6.57. The lowest BCUT2D eigenvalue weighted by atomic mass is 9.79. The maximum Gasteiger partial charge on any atom is 0.227 e. The highest BCUT2D eigenvalue weighted by Gasteiger charge is 2.38. The Bertz CT molecular complexity index is 430. The van der Waals surface area contributed by atoms with Gasteiger partial charge in [-0.05, 0) is 26.7 Å². The average molecular weight is 267 g/mol. The third kappa shape index (κ3) is 2.79. The van der Waals surface area contributed by atoms with Crippen molar-refractivity contribution < 1.29 is 14.1 Å². The molecule has 1 fully saturated rings. The first-order valence-corrected chi connectivity index (χ1v) is 6.57. The minimum absolute atomic E-state index is 0.00157. The van der Waals surface area contributed by atoms with Crippen molar-refractivity contribution in [2.24, 2.45) is 11.1 Å². The molecule has 1 aromatic heterocycles. The lowest BCUT2D eigenvalue weighted by Gasteiger charge is -2.34. The molecule has 0 atom stereocenters. The van der Waals surface area contributed by atoms with Crippen molar-refractivity contribution in [3.05, 3.63) is 17.0 Å². The molecule has 0 aromatic carbocycles. The van der Waals surface area contributed by atoms with Crippen molar-refractivity contribution in [2.75, 3.05) is 19.8 Å². The lowest BCUT2D eigenvalue weighted by molar-refractivity contribution is -0.136. The molecule has 0 unspecified atom stereocenters. The molecule has 2 heterocycles. The van der Waals surface area contributed by atoms with Gasteiger partial charge in [-0.25, -0.2) is 0 Å². The molecule has 1 saturated heterocycles. The van der Waals surface area contributed by atoms with Crippen LogP contribution in [0.3, 0.4) is 0 Å². The molecule has 0 radical (unpaired) electrons. The summed E-state index contributed by atoms with van der Waals surface area (Å²) in [7, 11) is 0. The zero-order valence-corrected chi connectivity index (χ0v) is 11.5. The van der Waals surface area contributed by atoms with Gasteiger partial charge in [-0.2, -0.15) is 0 Å². The Morgan fingerprint density at radius 1 is 1.42 bits per heavy atom. The molecule has 19 heavy (non-hydrogen) atoms. The van der Waals surface area contributed by atoms with Gasteiger partial charge in [-0.1, -0.05) is 5.16 Å². The topological polar surface area (TPSA) is 90.4 Å². The van der Waals surface area contributed by atoms with Gasteiger partial charge in [-0.15, -0.1) is 0 Å². The fourth-order valence-electron chi connectivity index (χ4n) is 2.40. The van der Waals surface area contributed by atoms with E-state index in [1.165, 1.54) is 0 Å². The molecule has 1 amide bonds. The maximum atomic E-state index is 12.4. The number of nitrogens with zero attached hydrogens (tertiary/aromatic N) is 1. The van der Waals surface area contributed by atoms with E-state index in [0.717, 1.165) is 17.0 Å². The van der Waals surface area contributed by atoms with Gasteiger partial charge in [0.25, 0.3) is 0 Å². The number of aryl methyl sites for hydroxylation is 2. The summed E-state index contributed by atoms with van der Waals surface area (Å²) in [5.74, 6) is 0.741. The van der Waals surface area contributed by atoms with Crippen molar-refractivity contribution >= 4 is 5.91 Å². The lowest BCUT2D eigenvalue weighted by Crippen LogP contribution is -2.49. The molecular weight excluding hydrogens is 246 g/mol. The Kier molecular flexibility index (Phi) is 4.21. The summed E-state index contributed by atoms with van der Waals surface area (Å²) in [6.45, 7) is 5.68. The third-order valence-electron chi connectivity index (χ3n) is 3.93. The van der Waals surface area contributed by atoms with E-state index in [2.05, 4.69) is 10.5 Å². The molecule has 0 aliphatic carbocycles. The molecule has 6 heteroatoms. The van der Waals surface area contributed by atoms with Crippen molar-refractivity contribution in [2.45, 2.75) is 33.2 Å². The second kappa shape index (κ2) is 5.71. The van der Waals surface area contributed by atoms with Crippen molar-refractivity contribution in [3.63, 3.8) is 0 Å². The molecule has 106 valence electrons. The van der Waals surface area contributed by atoms with Crippen LogP contribution in [-0.4, -0.2) is 30.8 Å². The maximum absolute atomic E-state index is 12.4. The standard InChI is InChI=1S/C13H21N3O3/c1-9-11(10(2)19-16-9)7-15-12(17)13(8-14)3-5-18-6-4-13/h3-8,14H2,1-2H3,(H,15,17). The van der Waals surface area contributed by atoms with Crippen molar-refractivity contribution in [1.82, 2.24) is 10.5 Å². The number of amides is 1. The summed E-state index contributed by atoms with van der Waals surface area (Å²) < 4.78 is 10.4. The fraction of sp³-hybridized carbons (Fsp3) is 0.692. The van der Waals surface area contributed by atoms with E-state index in [1.807, 2.05) is 13.8 Å². The highest BCUT2D eigenvalue weighted by atomic mass is 16.5. The van der Waals surface area contributed by atoms with Gasteiger partial charge in [-0.3, -0.25) is 4.79 Å². The Morgan fingerprint density at radius 2 is 2.11 bits per heavy atom. The Balaban J connectivity index is 2.00. The number of ether oxygens (including phenoxy) is 1. The summed E-state index contributed by atoms with van der Waals surface area (Å²) in [5, 5.41) is 6.83. The number of rotatable bonds is 4. The minimum Gasteiger partial charge on any atom is -0.381 e. The van der Waals surface area contributed by atoms with Crippen molar-refractivity contribution in [1.29, 1.82) is 0 Å². The van der Waals surface area contributed by atoms with E-state index >= 15 is 0 Å². The van der Waals surface area contributed by atoms with E-state index in [9.17, 15) is 4.79 Å². The summed E-state index contributed by atoms with van der Waals surface area (Å²) in [5.41, 5.74) is 7.06. The van der Waals surface area contributed by atoms with Crippen LogP contribution >= 0.6 is 0 Å². The number of hydrogen-bond donors (Lipinski definition) is 2. The van der Waals surface area contributed by atoms with E-state index in [1.54, 1.807) is 0 Å². The summed E-state index contributed by atoms with van der Waals surface area (Å²) >= 11 is 0. The van der Waals surface area contributed by atoms with E-state index < -0.39 is 5.41 Å².